The van der Waals surface area contributed by atoms with Crippen molar-refractivity contribution < 1.29 is 28.5 Å². The summed E-state index contributed by atoms with van der Waals surface area (Å²) in [5.41, 5.74) is 12.7. The van der Waals surface area contributed by atoms with E-state index in [1.54, 1.807) is 0 Å². The van der Waals surface area contributed by atoms with E-state index < -0.39 is 29.9 Å². The summed E-state index contributed by atoms with van der Waals surface area (Å²) in [5.74, 6) is -0.379. The Morgan fingerprint density at radius 2 is 1.20 bits per heavy atom. The molecule has 0 bridgehead atoms. The van der Waals surface area contributed by atoms with Crippen LogP contribution >= 0.6 is 11.8 Å². The first-order valence-electron chi connectivity index (χ1n) is 14.6. The molecule has 0 N–H and O–H groups in total. The van der Waals surface area contributed by atoms with Crippen LogP contribution in [0.5, 0.6) is 0 Å². The number of benzene rings is 4. The van der Waals surface area contributed by atoms with Gasteiger partial charge >= 0.3 is 6.21 Å². The normalized spacial score (nSPS) is 21.3. The van der Waals surface area contributed by atoms with E-state index in [4.69, 9.17) is 24.5 Å². The second-order valence-corrected chi connectivity index (χ2v) is 11.8. The largest absolute Gasteiger partial charge is 0.368 e. The van der Waals surface area contributed by atoms with Gasteiger partial charge in [-0.2, -0.15) is 4.79 Å². The molecular weight excluding hydrogens is 572 g/mol. The SMILES string of the molecule is Cc1ccc(S[C@@H]2O[C@H](CC(=O)C=[N+]=[N-])[C@@H](OCc3ccccc3)[C@H](OCc3ccccc3)[C@H]2OCc2ccccc2)cc1. The van der Waals surface area contributed by atoms with Crippen LogP contribution in [0.2, 0.25) is 0 Å². The van der Waals surface area contributed by atoms with Gasteiger partial charge in [0.2, 0.25) is 5.78 Å². The monoisotopic (exact) mass is 608 g/mol. The Bertz CT molecular complexity index is 1500. The van der Waals surface area contributed by atoms with Gasteiger partial charge in [0.1, 0.15) is 23.7 Å². The van der Waals surface area contributed by atoms with Gasteiger partial charge in [-0.25, -0.2) is 0 Å². The van der Waals surface area contributed by atoms with Gasteiger partial charge in [0.05, 0.1) is 25.9 Å². The molecule has 1 aliphatic heterocycles. The van der Waals surface area contributed by atoms with Crippen LogP contribution in [0.3, 0.4) is 0 Å². The summed E-state index contributed by atoms with van der Waals surface area (Å²) < 4.78 is 26.6. The number of ether oxygens (including phenoxy) is 4. The third kappa shape index (κ3) is 9.07. The molecule has 1 fully saturated rings. The Labute approximate surface area is 262 Å². The van der Waals surface area contributed by atoms with Crippen LogP contribution in [0.4, 0.5) is 0 Å². The van der Waals surface area contributed by atoms with Crippen LogP contribution in [0.15, 0.2) is 120 Å². The number of carbonyl (C=O) groups excluding carboxylic acids is 1. The lowest BCUT2D eigenvalue weighted by molar-refractivity contribution is -0.246. The molecule has 0 spiro atoms. The van der Waals surface area contributed by atoms with Crippen molar-refractivity contribution in [2.24, 2.45) is 0 Å². The van der Waals surface area contributed by atoms with Crippen LogP contribution in [0, 0.1) is 6.92 Å². The molecule has 226 valence electrons. The molecule has 8 heteroatoms. The highest BCUT2D eigenvalue weighted by Gasteiger charge is 2.49. The van der Waals surface area contributed by atoms with Crippen LogP contribution in [-0.2, 0) is 43.6 Å². The fourth-order valence-electron chi connectivity index (χ4n) is 5.07. The number of hydrogen-bond acceptors (Lipinski definition) is 6. The Balaban J connectivity index is 1.50. The summed E-state index contributed by atoms with van der Waals surface area (Å²) in [5, 5.41) is 0. The second kappa shape index (κ2) is 16.3. The van der Waals surface area contributed by atoms with Gasteiger partial charge in [-0.3, -0.25) is 4.79 Å². The molecule has 0 aromatic heterocycles. The molecule has 4 aromatic rings. The highest BCUT2D eigenvalue weighted by molar-refractivity contribution is 7.99. The average Bonchev–Trinajstić information content (AvgIpc) is 3.05. The Hall–Kier alpha value is -3.88. The zero-order chi connectivity index (χ0) is 30.6. The number of hydrogen-bond donors (Lipinski definition) is 0. The lowest BCUT2D eigenvalue weighted by Gasteiger charge is -2.46. The number of nitrogens with zero attached hydrogens (tertiary/aromatic N) is 2. The quantitative estimate of drug-likeness (QED) is 0.0886. The molecule has 1 heterocycles. The number of ketones is 1. The molecule has 1 saturated heterocycles. The molecule has 0 unspecified atom stereocenters. The molecular formula is C36H36N2O5S. The summed E-state index contributed by atoms with van der Waals surface area (Å²) >= 11 is 1.53. The van der Waals surface area contributed by atoms with E-state index in [-0.39, 0.29) is 12.2 Å². The van der Waals surface area contributed by atoms with E-state index in [9.17, 15) is 4.79 Å². The summed E-state index contributed by atoms with van der Waals surface area (Å²) in [7, 11) is 0. The average molecular weight is 609 g/mol. The second-order valence-electron chi connectivity index (χ2n) is 10.7. The van der Waals surface area contributed by atoms with Crippen molar-refractivity contribution in [3.8, 4) is 0 Å². The van der Waals surface area contributed by atoms with Crippen LogP contribution in [0.25, 0.3) is 5.53 Å². The molecule has 0 radical (unpaired) electrons. The van der Waals surface area contributed by atoms with E-state index in [1.165, 1.54) is 11.8 Å². The third-order valence-corrected chi connectivity index (χ3v) is 8.48. The van der Waals surface area contributed by atoms with Crippen molar-refractivity contribution in [2.45, 2.75) is 67.9 Å². The summed E-state index contributed by atoms with van der Waals surface area (Å²) in [6.45, 7) is 3.00. The summed E-state index contributed by atoms with van der Waals surface area (Å²) in [6, 6.07) is 38.0. The zero-order valence-electron chi connectivity index (χ0n) is 24.6. The highest BCUT2D eigenvalue weighted by Crippen LogP contribution is 2.39. The van der Waals surface area contributed by atoms with Gasteiger partial charge in [0, 0.05) is 11.3 Å². The maximum atomic E-state index is 12.8. The topological polar surface area (TPSA) is 90.4 Å². The van der Waals surface area contributed by atoms with E-state index in [0.29, 0.717) is 19.8 Å². The lowest BCUT2D eigenvalue weighted by Crippen LogP contribution is -2.59. The number of rotatable bonds is 14. The lowest BCUT2D eigenvalue weighted by atomic mass is 9.95. The van der Waals surface area contributed by atoms with Crippen LogP contribution in [0.1, 0.15) is 28.7 Å². The summed E-state index contributed by atoms with van der Waals surface area (Å²) in [4.78, 5) is 16.7. The number of Topliss-reactive ketones (excluding diaryl/α,β-unsaturated/α-hetero) is 1. The van der Waals surface area contributed by atoms with Crippen molar-refractivity contribution in [3.05, 3.63) is 143 Å². The molecule has 0 amide bonds. The van der Waals surface area contributed by atoms with Crippen molar-refractivity contribution in [3.63, 3.8) is 0 Å². The zero-order valence-corrected chi connectivity index (χ0v) is 25.4. The van der Waals surface area contributed by atoms with Crippen LogP contribution in [-0.4, -0.2) is 46.6 Å². The third-order valence-electron chi connectivity index (χ3n) is 7.32. The van der Waals surface area contributed by atoms with E-state index in [0.717, 1.165) is 33.4 Å². The van der Waals surface area contributed by atoms with E-state index in [1.807, 2.05) is 110 Å². The first kappa shape index (κ1) is 31.5. The first-order chi connectivity index (χ1) is 21.6. The smallest absolute Gasteiger partial charge is 0.323 e. The molecule has 0 saturated carbocycles. The Morgan fingerprint density at radius 1 is 0.727 bits per heavy atom. The summed E-state index contributed by atoms with van der Waals surface area (Å²) in [6.07, 6.45) is -1.65. The molecule has 5 atom stereocenters. The van der Waals surface area contributed by atoms with Crippen molar-refractivity contribution in [1.82, 2.24) is 0 Å². The van der Waals surface area contributed by atoms with E-state index >= 15 is 0 Å². The van der Waals surface area contributed by atoms with Crippen molar-refractivity contribution >= 4 is 23.8 Å². The maximum absolute atomic E-state index is 12.8. The predicted molar refractivity (Wildman–Crippen MR) is 170 cm³/mol. The van der Waals surface area contributed by atoms with Gasteiger partial charge in [0.25, 0.3) is 0 Å². The minimum Gasteiger partial charge on any atom is -0.368 e. The fraction of sp³-hybridized carbons (Fsp3) is 0.278. The van der Waals surface area contributed by atoms with Gasteiger partial charge in [-0.1, -0.05) is 120 Å². The molecule has 44 heavy (non-hydrogen) atoms. The van der Waals surface area contributed by atoms with E-state index in [2.05, 4.69) is 16.9 Å². The van der Waals surface area contributed by atoms with Crippen molar-refractivity contribution in [2.75, 3.05) is 0 Å². The minimum atomic E-state index is -0.690. The number of thioether (sulfide) groups is 1. The van der Waals surface area contributed by atoms with Gasteiger partial charge < -0.3 is 24.5 Å². The number of carbonyl (C=O) groups is 1. The molecule has 4 aromatic carbocycles. The Morgan fingerprint density at radius 3 is 1.70 bits per heavy atom. The molecule has 0 aliphatic carbocycles. The maximum Gasteiger partial charge on any atom is 0.323 e. The molecule has 7 nitrogen and oxygen atoms in total. The van der Waals surface area contributed by atoms with Gasteiger partial charge in [-0.15, -0.1) is 0 Å². The molecule has 1 aliphatic rings. The predicted octanol–water partition coefficient (Wildman–Crippen LogP) is 6.83. The molecule has 5 rings (SSSR count). The first-order valence-corrected chi connectivity index (χ1v) is 15.5. The Kier molecular flexibility index (Phi) is 11.7. The standard InChI is InChI=1S/C36H36N2O5S/c1-26-17-19-31(20-18-26)44-36-35(42-25-29-15-9-4-10-16-29)34(41-24-28-13-7-3-8-14-28)33(32(43-36)21-30(39)22-38-37)40-23-27-11-5-2-6-12-27/h2-20,22,32-36H,21,23-25H2,1H3/t32-,33-,34+,35-,36+/m1/s1. The minimum absolute atomic E-state index is 0.0505. The fourth-order valence-corrected chi connectivity index (χ4v) is 6.20. The number of aryl methyl sites for hydroxylation is 1. The van der Waals surface area contributed by atoms with Gasteiger partial charge in [0.15, 0.2) is 0 Å². The van der Waals surface area contributed by atoms with Crippen LogP contribution < -0.4 is 0 Å². The highest BCUT2D eigenvalue weighted by atomic mass is 32.2. The van der Waals surface area contributed by atoms with Gasteiger partial charge in [-0.05, 0) is 35.7 Å². The van der Waals surface area contributed by atoms with Crippen molar-refractivity contribution in [1.29, 1.82) is 0 Å².